The normalized spacial score (nSPS) is 16.5. The van der Waals surface area contributed by atoms with E-state index in [-0.39, 0.29) is 42.6 Å². The van der Waals surface area contributed by atoms with Crippen molar-refractivity contribution >= 4 is 23.1 Å². The highest BCUT2D eigenvalue weighted by Crippen LogP contribution is 2.45. The van der Waals surface area contributed by atoms with Crippen LogP contribution < -0.4 is 19.5 Å². The minimum Gasteiger partial charge on any atom is -0.497 e. The first-order valence-electron chi connectivity index (χ1n) is 17.7. The molecule has 2 heterocycles. The lowest BCUT2D eigenvalue weighted by Gasteiger charge is -2.37. The number of aromatic nitrogens is 1. The molecular weight excluding hydrogens is 724 g/mol. The summed E-state index contributed by atoms with van der Waals surface area (Å²) in [4.78, 5) is 38.4. The lowest BCUT2D eigenvalue weighted by Crippen LogP contribution is -2.38. The molecule has 1 aliphatic rings. The number of amides is 1. The molecule has 15 heteroatoms. The number of nitro benzene ring substituents is 1. The number of nitrogens with zero attached hydrogens (tertiary/aromatic N) is 3. The molecule has 5 aromatic rings. The van der Waals surface area contributed by atoms with Crippen molar-refractivity contribution in [3.8, 4) is 17.4 Å². The van der Waals surface area contributed by atoms with Gasteiger partial charge in [0.25, 0.3) is 5.69 Å². The predicted molar refractivity (Wildman–Crippen MR) is 204 cm³/mol. The molecule has 290 valence electrons. The van der Waals surface area contributed by atoms with E-state index in [0.717, 1.165) is 22.3 Å². The number of pyridine rings is 1. The predicted octanol–water partition coefficient (Wildman–Crippen LogP) is 6.69. The Morgan fingerprint density at radius 3 is 2.00 bits per heavy atom. The van der Waals surface area contributed by atoms with Gasteiger partial charge >= 0.3 is 5.69 Å². The molecule has 6 rings (SSSR count). The molecule has 0 spiro atoms. The summed E-state index contributed by atoms with van der Waals surface area (Å²) in [6.07, 6.45) is -2.55. The summed E-state index contributed by atoms with van der Waals surface area (Å²) in [5.41, 5.74) is 1.53. The number of non-ortho nitro benzene ring substituents is 1. The topological polar surface area (TPSA) is 195 Å². The average Bonchev–Trinajstić information content (AvgIpc) is 3.58. The first-order chi connectivity index (χ1) is 27.0. The Morgan fingerprint density at radius 2 is 1.46 bits per heavy atom. The summed E-state index contributed by atoms with van der Waals surface area (Å²) in [5.74, 6) is 0.365. The monoisotopic (exact) mass is 764 g/mol. The van der Waals surface area contributed by atoms with Crippen molar-refractivity contribution in [1.82, 2.24) is 4.98 Å². The number of benzene rings is 4. The van der Waals surface area contributed by atoms with E-state index in [2.05, 4.69) is 10.3 Å². The van der Waals surface area contributed by atoms with Gasteiger partial charge in [-0.3, -0.25) is 25.0 Å². The quantitative estimate of drug-likeness (QED) is 0.0615. The Bertz CT molecular complexity index is 2100. The summed E-state index contributed by atoms with van der Waals surface area (Å²) in [6, 6.07) is 31.8. The van der Waals surface area contributed by atoms with Crippen molar-refractivity contribution < 1.29 is 43.4 Å². The Kier molecular flexibility index (Phi) is 12.2. The zero-order valence-electron chi connectivity index (χ0n) is 30.8. The van der Waals surface area contributed by atoms with Gasteiger partial charge in [-0.05, 0) is 46.5 Å². The summed E-state index contributed by atoms with van der Waals surface area (Å²) in [7, 11) is 3.17. The first kappa shape index (κ1) is 39.3. The summed E-state index contributed by atoms with van der Waals surface area (Å²) in [5, 5.41) is 37.1. The van der Waals surface area contributed by atoms with Crippen molar-refractivity contribution in [2.45, 2.75) is 43.7 Å². The van der Waals surface area contributed by atoms with Crippen LogP contribution >= 0.6 is 0 Å². The molecule has 3 atom stereocenters. The Hall–Kier alpha value is -6.42. The molecule has 56 heavy (non-hydrogen) atoms. The number of ether oxygens (including phenoxy) is 5. The fourth-order valence-corrected chi connectivity index (χ4v) is 6.66. The van der Waals surface area contributed by atoms with Gasteiger partial charge in [0.05, 0.1) is 55.1 Å². The number of aliphatic hydroxyl groups excluding tert-OH is 1. The summed E-state index contributed by atoms with van der Waals surface area (Å²) in [6.45, 7) is 1.11. The van der Waals surface area contributed by atoms with E-state index in [1.54, 1.807) is 26.4 Å². The highest BCUT2D eigenvalue weighted by molar-refractivity contribution is 5.90. The van der Waals surface area contributed by atoms with Crippen LogP contribution in [0.25, 0.3) is 0 Å². The molecule has 1 amide bonds. The fourth-order valence-electron chi connectivity index (χ4n) is 6.66. The maximum atomic E-state index is 12.2. The van der Waals surface area contributed by atoms with Gasteiger partial charge in [0, 0.05) is 38.0 Å². The molecular formula is C41H40N4O11. The Balaban J connectivity index is 1.32. The number of nitrogens with one attached hydrogen (secondary N) is 1. The van der Waals surface area contributed by atoms with Gasteiger partial charge in [0.2, 0.25) is 17.6 Å². The van der Waals surface area contributed by atoms with Crippen LogP contribution in [0.5, 0.6) is 17.4 Å². The number of rotatable bonds is 16. The van der Waals surface area contributed by atoms with Crippen LogP contribution in [0, 0.1) is 20.2 Å². The smallest absolute Gasteiger partial charge is 0.312 e. The second kappa shape index (κ2) is 17.4. The molecule has 15 nitrogen and oxygen atoms in total. The third-order valence-corrected chi connectivity index (χ3v) is 9.47. The van der Waals surface area contributed by atoms with Crippen LogP contribution in [0.3, 0.4) is 0 Å². The summed E-state index contributed by atoms with van der Waals surface area (Å²) >= 11 is 0. The van der Waals surface area contributed by atoms with Crippen molar-refractivity contribution in [2.24, 2.45) is 0 Å². The van der Waals surface area contributed by atoms with E-state index < -0.39 is 45.4 Å². The van der Waals surface area contributed by atoms with Crippen molar-refractivity contribution in [3.05, 3.63) is 157 Å². The zero-order chi connectivity index (χ0) is 39.8. The molecule has 4 aromatic carbocycles. The minimum absolute atomic E-state index is 0.0223. The molecule has 1 fully saturated rings. The molecule has 0 aliphatic carbocycles. The van der Waals surface area contributed by atoms with Gasteiger partial charge in [0.1, 0.15) is 23.2 Å². The first-order valence-corrected chi connectivity index (χ1v) is 17.7. The SMILES string of the molecule is COc1ccc(C(OC[C@H]2O[C@@H](c3cc([N+](=O)[O-])c(NC(C)=O)nc3OCCc3ccc([N+](=O)[O-])cc3)C[C@@H]2O)(c2ccccc2)c2ccc(OC)cc2)cc1. The molecule has 1 aromatic heterocycles. The van der Waals surface area contributed by atoms with E-state index in [1.807, 2.05) is 78.9 Å². The second-order valence-corrected chi connectivity index (χ2v) is 13.0. The third kappa shape index (κ3) is 8.60. The Labute approximate surface area is 322 Å². The van der Waals surface area contributed by atoms with Gasteiger partial charge < -0.3 is 34.1 Å². The fraction of sp³-hybridized carbons (Fsp3) is 0.268. The molecule has 0 unspecified atom stereocenters. The number of anilines is 1. The maximum absolute atomic E-state index is 12.2. The van der Waals surface area contributed by atoms with Gasteiger partial charge in [-0.2, -0.15) is 4.98 Å². The van der Waals surface area contributed by atoms with Gasteiger partial charge in [0.15, 0.2) is 0 Å². The highest BCUT2D eigenvalue weighted by atomic mass is 16.6. The van der Waals surface area contributed by atoms with Crippen LogP contribution in [-0.4, -0.2) is 65.5 Å². The minimum atomic E-state index is -1.20. The molecule has 2 N–H and O–H groups in total. The van der Waals surface area contributed by atoms with Crippen LogP contribution in [0.15, 0.2) is 109 Å². The lowest BCUT2D eigenvalue weighted by atomic mass is 9.80. The number of carbonyl (C=O) groups excluding carboxylic acids is 1. The van der Waals surface area contributed by atoms with Crippen LogP contribution in [0.1, 0.15) is 47.3 Å². The second-order valence-electron chi connectivity index (χ2n) is 13.0. The molecule has 0 bridgehead atoms. The van der Waals surface area contributed by atoms with Gasteiger partial charge in [-0.25, -0.2) is 0 Å². The number of hydrogen-bond acceptors (Lipinski definition) is 12. The number of methoxy groups -OCH3 is 2. The van der Waals surface area contributed by atoms with E-state index in [9.17, 15) is 30.1 Å². The largest absolute Gasteiger partial charge is 0.497 e. The lowest BCUT2D eigenvalue weighted by molar-refractivity contribution is -0.384. The number of carbonyl (C=O) groups is 1. The number of hydrogen-bond donors (Lipinski definition) is 2. The van der Waals surface area contributed by atoms with Crippen LogP contribution in [0.2, 0.25) is 0 Å². The molecule has 1 saturated heterocycles. The third-order valence-electron chi connectivity index (χ3n) is 9.47. The maximum Gasteiger partial charge on any atom is 0.312 e. The average molecular weight is 765 g/mol. The number of nitro groups is 2. The molecule has 1 aliphatic heterocycles. The van der Waals surface area contributed by atoms with Crippen molar-refractivity contribution in [2.75, 3.05) is 32.8 Å². The van der Waals surface area contributed by atoms with Crippen LogP contribution in [0.4, 0.5) is 17.2 Å². The van der Waals surface area contributed by atoms with Gasteiger partial charge in [-0.15, -0.1) is 0 Å². The number of aliphatic hydroxyl groups is 1. The molecule has 0 radical (unpaired) electrons. The van der Waals surface area contributed by atoms with Crippen LogP contribution in [-0.2, 0) is 26.3 Å². The molecule has 0 saturated carbocycles. The zero-order valence-corrected chi connectivity index (χ0v) is 30.8. The van der Waals surface area contributed by atoms with E-state index >= 15 is 0 Å². The van der Waals surface area contributed by atoms with E-state index in [1.165, 1.54) is 25.1 Å². The van der Waals surface area contributed by atoms with Crippen molar-refractivity contribution in [3.63, 3.8) is 0 Å². The van der Waals surface area contributed by atoms with Gasteiger partial charge in [-0.1, -0.05) is 66.7 Å². The highest BCUT2D eigenvalue weighted by Gasteiger charge is 2.43. The summed E-state index contributed by atoms with van der Waals surface area (Å²) < 4.78 is 30.3. The Morgan fingerprint density at radius 1 is 0.875 bits per heavy atom. The standard InChI is InChI=1S/C41H40N4O11/c1-26(46)42-39-35(45(50)51)23-34(40(43-39)54-22-21-27-9-15-31(16-10-27)44(48)49)37-24-36(47)38(56-37)25-55-41(28-7-5-4-6-8-28,29-11-17-32(52-2)18-12-29)30-13-19-33(53-3)20-14-30/h4-20,23,36-38,47H,21-22,24-25H2,1-3H3,(H,42,43,46)/t36-,37+,38+/m0/s1. The van der Waals surface area contributed by atoms with E-state index in [4.69, 9.17) is 23.7 Å². The van der Waals surface area contributed by atoms with E-state index in [0.29, 0.717) is 17.9 Å². The van der Waals surface area contributed by atoms with Crippen molar-refractivity contribution in [1.29, 1.82) is 0 Å².